The molecule has 1 aliphatic heterocycles. The van der Waals surface area contributed by atoms with E-state index in [1.165, 1.54) is 0 Å². The van der Waals surface area contributed by atoms with Gasteiger partial charge in [0.2, 0.25) is 11.8 Å². The van der Waals surface area contributed by atoms with Gasteiger partial charge in [0.05, 0.1) is 0 Å². The number of carbonyl (C=O) groups is 2. The van der Waals surface area contributed by atoms with Gasteiger partial charge in [-0.15, -0.1) is 12.3 Å². The lowest BCUT2D eigenvalue weighted by Gasteiger charge is -2.14. The number of terminal acetylenes is 1. The third-order valence-corrected chi connectivity index (χ3v) is 2.12. The summed E-state index contributed by atoms with van der Waals surface area (Å²) in [5, 5.41) is 5.35. The number of hydrogen-bond acceptors (Lipinski definition) is 2. The molecule has 1 unspecified atom stereocenters. The van der Waals surface area contributed by atoms with Crippen LogP contribution < -0.4 is 10.6 Å². The van der Waals surface area contributed by atoms with E-state index in [1.54, 1.807) is 0 Å². The zero-order valence-corrected chi connectivity index (χ0v) is 8.17. The number of carbonyl (C=O) groups excluding carboxylic acids is 2. The summed E-state index contributed by atoms with van der Waals surface area (Å²) >= 11 is 0. The van der Waals surface area contributed by atoms with Crippen molar-refractivity contribution in [3.63, 3.8) is 0 Å². The molecular formula is C10H14N2O2. The smallest absolute Gasteiger partial charge is 0.242 e. The van der Waals surface area contributed by atoms with Crippen LogP contribution in [0, 0.1) is 12.3 Å². The second kappa shape index (κ2) is 4.66. The van der Waals surface area contributed by atoms with Crippen LogP contribution >= 0.6 is 0 Å². The summed E-state index contributed by atoms with van der Waals surface area (Å²) in [6, 6.07) is -0.410. The molecule has 0 aromatic heterocycles. The third kappa shape index (κ3) is 2.77. The Morgan fingerprint density at radius 1 is 1.86 bits per heavy atom. The molecule has 0 radical (unpaired) electrons. The van der Waals surface area contributed by atoms with Crippen molar-refractivity contribution in [2.24, 2.45) is 0 Å². The molecule has 0 aliphatic carbocycles. The van der Waals surface area contributed by atoms with Crippen molar-refractivity contribution < 1.29 is 9.59 Å². The average molecular weight is 194 g/mol. The fourth-order valence-corrected chi connectivity index (χ4v) is 1.38. The van der Waals surface area contributed by atoms with Crippen LogP contribution in [-0.4, -0.2) is 23.9 Å². The summed E-state index contributed by atoms with van der Waals surface area (Å²) in [7, 11) is 0. The van der Waals surface area contributed by atoms with Gasteiger partial charge in [-0.3, -0.25) is 9.59 Å². The Morgan fingerprint density at radius 3 is 3.07 bits per heavy atom. The maximum atomic E-state index is 11.5. The Labute approximate surface area is 83.4 Å². The molecule has 76 valence electrons. The van der Waals surface area contributed by atoms with Crippen molar-refractivity contribution in [1.29, 1.82) is 0 Å². The zero-order valence-electron chi connectivity index (χ0n) is 8.17. The van der Waals surface area contributed by atoms with Crippen molar-refractivity contribution in [3.05, 3.63) is 0 Å². The molecule has 1 aliphatic rings. The Kier molecular flexibility index (Phi) is 3.52. The number of amides is 2. The van der Waals surface area contributed by atoms with Gasteiger partial charge in [-0.25, -0.2) is 0 Å². The number of nitrogens with one attached hydrogen (secondary N) is 2. The molecule has 4 nitrogen and oxygen atoms in total. The van der Waals surface area contributed by atoms with E-state index < -0.39 is 0 Å². The minimum atomic E-state index is -0.372. The third-order valence-electron chi connectivity index (χ3n) is 2.12. The molecular weight excluding hydrogens is 180 g/mol. The van der Waals surface area contributed by atoms with E-state index in [0.29, 0.717) is 19.3 Å². The summed E-state index contributed by atoms with van der Waals surface area (Å²) in [5.41, 5.74) is 0. The fourth-order valence-electron chi connectivity index (χ4n) is 1.38. The lowest BCUT2D eigenvalue weighted by atomic mass is 10.2. The van der Waals surface area contributed by atoms with Gasteiger partial charge in [-0.2, -0.15) is 0 Å². The van der Waals surface area contributed by atoms with Crippen molar-refractivity contribution >= 4 is 11.8 Å². The molecule has 2 N–H and O–H groups in total. The van der Waals surface area contributed by atoms with E-state index in [9.17, 15) is 9.59 Å². The first kappa shape index (κ1) is 10.6. The molecule has 0 spiro atoms. The van der Waals surface area contributed by atoms with Crippen LogP contribution in [0.3, 0.4) is 0 Å². The molecule has 1 saturated heterocycles. The number of rotatable bonds is 3. The van der Waals surface area contributed by atoms with Gasteiger partial charge in [-0.05, 0) is 13.3 Å². The zero-order chi connectivity index (χ0) is 10.6. The highest BCUT2D eigenvalue weighted by atomic mass is 16.2. The maximum absolute atomic E-state index is 11.5. The van der Waals surface area contributed by atoms with Crippen LogP contribution in [0.4, 0.5) is 0 Å². The van der Waals surface area contributed by atoms with E-state index in [1.807, 2.05) is 6.92 Å². The topological polar surface area (TPSA) is 58.2 Å². The molecule has 1 heterocycles. The summed E-state index contributed by atoms with van der Waals surface area (Å²) < 4.78 is 0. The SMILES string of the molecule is C#CCC(C)NC(=O)[C@H]1CCC(=O)N1. The van der Waals surface area contributed by atoms with Crippen molar-refractivity contribution in [2.75, 3.05) is 0 Å². The predicted octanol–water partition coefficient (Wildman–Crippen LogP) is -0.207. The molecule has 0 aromatic carbocycles. The largest absolute Gasteiger partial charge is 0.351 e. The van der Waals surface area contributed by atoms with Gasteiger partial charge in [0, 0.05) is 18.9 Å². The molecule has 1 rings (SSSR count). The van der Waals surface area contributed by atoms with Gasteiger partial charge in [0.25, 0.3) is 0 Å². The monoisotopic (exact) mass is 194 g/mol. The Balaban J connectivity index is 2.35. The quantitative estimate of drug-likeness (QED) is 0.611. The highest BCUT2D eigenvalue weighted by Gasteiger charge is 2.27. The van der Waals surface area contributed by atoms with Gasteiger partial charge >= 0.3 is 0 Å². The number of hydrogen-bond donors (Lipinski definition) is 2. The van der Waals surface area contributed by atoms with E-state index in [2.05, 4.69) is 16.6 Å². The Morgan fingerprint density at radius 2 is 2.57 bits per heavy atom. The van der Waals surface area contributed by atoms with Crippen molar-refractivity contribution in [1.82, 2.24) is 10.6 Å². The average Bonchev–Trinajstić information content (AvgIpc) is 2.52. The summed E-state index contributed by atoms with van der Waals surface area (Å²) in [5.74, 6) is 2.27. The maximum Gasteiger partial charge on any atom is 0.242 e. The van der Waals surface area contributed by atoms with E-state index in [4.69, 9.17) is 6.42 Å². The lowest BCUT2D eigenvalue weighted by molar-refractivity contribution is -0.126. The molecule has 0 saturated carbocycles. The minimum absolute atomic E-state index is 0.0370. The first-order chi connectivity index (χ1) is 6.63. The van der Waals surface area contributed by atoms with E-state index in [-0.39, 0.29) is 23.9 Å². The van der Waals surface area contributed by atoms with E-state index in [0.717, 1.165) is 0 Å². The second-order valence-electron chi connectivity index (χ2n) is 3.48. The summed E-state index contributed by atoms with van der Waals surface area (Å²) in [6.07, 6.45) is 6.62. The van der Waals surface area contributed by atoms with Crippen LogP contribution in [0.15, 0.2) is 0 Å². The van der Waals surface area contributed by atoms with Crippen molar-refractivity contribution in [3.8, 4) is 12.3 Å². The molecule has 14 heavy (non-hydrogen) atoms. The molecule has 2 amide bonds. The standard InChI is InChI=1S/C10H14N2O2/c1-3-4-7(2)11-10(14)8-5-6-9(13)12-8/h1,7-8H,4-6H2,2H3,(H,11,14)(H,12,13)/t7?,8-/m1/s1. The second-order valence-corrected chi connectivity index (χ2v) is 3.48. The minimum Gasteiger partial charge on any atom is -0.351 e. The summed E-state index contributed by atoms with van der Waals surface area (Å²) in [6.45, 7) is 1.84. The van der Waals surface area contributed by atoms with Crippen LogP contribution in [-0.2, 0) is 9.59 Å². The fraction of sp³-hybridized carbons (Fsp3) is 0.600. The van der Waals surface area contributed by atoms with Crippen LogP contribution in [0.5, 0.6) is 0 Å². The Hall–Kier alpha value is -1.50. The predicted molar refractivity (Wildman–Crippen MR) is 52.2 cm³/mol. The highest BCUT2D eigenvalue weighted by molar-refractivity contribution is 5.90. The van der Waals surface area contributed by atoms with Crippen LogP contribution in [0.25, 0.3) is 0 Å². The lowest BCUT2D eigenvalue weighted by Crippen LogP contribution is -2.44. The van der Waals surface area contributed by atoms with Gasteiger partial charge < -0.3 is 10.6 Å². The van der Waals surface area contributed by atoms with Crippen LogP contribution in [0.1, 0.15) is 26.2 Å². The molecule has 0 bridgehead atoms. The van der Waals surface area contributed by atoms with Gasteiger partial charge in [0.15, 0.2) is 0 Å². The first-order valence-corrected chi connectivity index (χ1v) is 4.66. The Bertz CT molecular complexity index is 280. The van der Waals surface area contributed by atoms with Crippen LogP contribution in [0.2, 0.25) is 0 Å². The molecule has 4 heteroatoms. The van der Waals surface area contributed by atoms with Gasteiger partial charge in [-0.1, -0.05) is 0 Å². The van der Waals surface area contributed by atoms with Gasteiger partial charge in [0.1, 0.15) is 6.04 Å². The molecule has 2 atom stereocenters. The molecule has 1 fully saturated rings. The van der Waals surface area contributed by atoms with E-state index >= 15 is 0 Å². The van der Waals surface area contributed by atoms with Crippen molar-refractivity contribution in [2.45, 2.75) is 38.3 Å². The molecule has 0 aromatic rings. The summed E-state index contributed by atoms with van der Waals surface area (Å²) in [4.78, 5) is 22.3. The highest BCUT2D eigenvalue weighted by Crippen LogP contribution is 2.06. The normalized spacial score (nSPS) is 22.3. The first-order valence-electron chi connectivity index (χ1n) is 4.66.